The Morgan fingerprint density at radius 3 is 2.89 bits per heavy atom. The fourth-order valence-electron chi connectivity index (χ4n) is 1.96. The molecule has 0 aromatic carbocycles. The fraction of sp³-hybridized carbons (Fsp3) is 0.455. The Morgan fingerprint density at radius 2 is 2.21 bits per heavy atom. The maximum Gasteiger partial charge on any atom is 0.241 e. The molecule has 7 nitrogen and oxygen atoms in total. The van der Waals surface area contributed by atoms with Crippen LogP contribution in [0.3, 0.4) is 0 Å². The van der Waals surface area contributed by atoms with Crippen molar-refractivity contribution in [3.05, 3.63) is 24.0 Å². The van der Waals surface area contributed by atoms with E-state index in [2.05, 4.69) is 25.3 Å². The van der Waals surface area contributed by atoms with Crippen LogP contribution in [0.4, 0.5) is 5.95 Å². The molecule has 19 heavy (non-hydrogen) atoms. The number of anilines is 1. The lowest BCUT2D eigenvalue weighted by Gasteiger charge is -2.34. The molecule has 3 rings (SSSR count). The van der Waals surface area contributed by atoms with E-state index < -0.39 is 0 Å². The summed E-state index contributed by atoms with van der Waals surface area (Å²) < 4.78 is 6.91. The molecule has 0 bridgehead atoms. The van der Waals surface area contributed by atoms with Crippen LogP contribution >= 0.6 is 11.6 Å². The summed E-state index contributed by atoms with van der Waals surface area (Å²) in [5, 5.41) is 3.38. The SMILES string of the molecule is COC1CC(Nc2nc(Cl)nc(-n3ccnc3)n2)C1. The molecule has 2 heterocycles. The standard InChI is InChI=1S/C11H13ClN6O/c1-19-8-4-7(5-8)14-10-15-9(12)16-11(17-10)18-3-2-13-6-18/h2-3,6-8H,4-5H2,1H3,(H,14,15,16,17). The highest BCUT2D eigenvalue weighted by Crippen LogP contribution is 2.25. The van der Waals surface area contributed by atoms with Gasteiger partial charge in [0.15, 0.2) is 0 Å². The average molecular weight is 281 g/mol. The summed E-state index contributed by atoms with van der Waals surface area (Å²) in [5.74, 6) is 0.922. The van der Waals surface area contributed by atoms with Gasteiger partial charge in [-0.2, -0.15) is 15.0 Å². The van der Waals surface area contributed by atoms with E-state index in [9.17, 15) is 0 Å². The smallest absolute Gasteiger partial charge is 0.241 e. The van der Waals surface area contributed by atoms with Crippen LogP contribution in [0, 0.1) is 0 Å². The van der Waals surface area contributed by atoms with E-state index in [1.807, 2.05) is 0 Å². The van der Waals surface area contributed by atoms with Crippen LogP contribution in [0.5, 0.6) is 0 Å². The summed E-state index contributed by atoms with van der Waals surface area (Å²) in [6, 6.07) is 0.319. The Balaban J connectivity index is 1.75. The zero-order valence-electron chi connectivity index (χ0n) is 10.3. The van der Waals surface area contributed by atoms with Crippen LogP contribution in [0.1, 0.15) is 12.8 Å². The number of nitrogens with one attached hydrogen (secondary N) is 1. The molecule has 0 radical (unpaired) electrons. The molecule has 1 N–H and O–H groups in total. The minimum absolute atomic E-state index is 0.156. The molecule has 1 aliphatic carbocycles. The van der Waals surface area contributed by atoms with Gasteiger partial charge in [0.1, 0.15) is 6.33 Å². The maximum atomic E-state index is 5.91. The summed E-state index contributed by atoms with van der Waals surface area (Å²) in [6.07, 6.45) is 7.22. The molecule has 1 aliphatic rings. The van der Waals surface area contributed by atoms with Gasteiger partial charge in [-0.05, 0) is 24.4 Å². The fourth-order valence-corrected chi connectivity index (χ4v) is 2.11. The van der Waals surface area contributed by atoms with Gasteiger partial charge in [-0.15, -0.1) is 0 Å². The maximum absolute atomic E-state index is 5.91. The summed E-state index contributed by atoms with van der Waals surface area (Å²) in [4.78, 5) is 16.4. The highest BCUT2D eigenvalue weighted by Gasteiger charge is 2.29. The number of hydrogen-bond acceptors (Lipinski definition) is 6. The lowest BCUT2D eigenvalue weighted by atomic mass is 9.89. The van der Waals surface area contributed by atoms with Gasteiger partial charge in [0.2, 0.25) is 17.2 Å². The van der Waals surface area contributed by atoms with Crippen LogP contribution in [-0.4, -0.2) is 43.8 Å². The molecule has 8 heteroatoms. The molecule has 0 atom stereocenters. The third kappa shape index (κ3) is 2.66. The molecule has 0 aliphatic heterocycles. The van der Waals surface area contributed by atoms with Gasteiger partial charge in [0.25, 0.3) is 0 Å². The monoisotopic (exact) mass is 280 g/mol. The number of methoxy groups -OCH3 is 1. The lowest BCUT2D eigenvalue weighted by molar-refractivity contribution is 0.0327. The van der Waals surface area contributed by atoms with Gasteiger partial charge in [-0.3, -0.25) is 4.57 Å². The van der Waals surface area contributed by atoms with Gasteiger partial charge in [-0.1, -0.05) is 0 Å². The summed E-state index contributed by atoms with van der Waals surface area (Å²) in [5.41, 5.74) is 0. The number of ether oxygens (including phenoxy) is 1. The molecule has 0 unspecified atom stereocenters. The second kappa shape index (κ2) is 5.10. The van der Waals surface area contributed by atoms with Gasteiger partial charge in [0.05, 0.1) is 6.10 Å². The number of halogens is 1. The summed E-state index contributed by atoms with van der Waals surface area (Å²) in [6.45, 7) is 0. The minimum Gasteiger partial charge on any atom is -0.381 e. The van der Waals surface area contributed by atoms with Crippen molar-refractivity contribution >= 4 is 17.5 Å². The number of aromatic nitrogens is 5. The highest BCUT2D eigenvalue weighted by molar-refractivity contribution is 6.28. The summed E-state index contributed by atoms with van der Waals surface area (Å²) >= 11 is 5.91. The molecule has 2 aromatic heterocycles. The zero-order valence-corrected chi connectivity index (χ0v) is 11.1. The number of hydrogen-bond donors (Lipinski definition) is 1. The van der Waals surface area contributed by atoms with Crippen molar-refractivity contribution in [1.82, 2.24) is 24.5 Å². The molecule has 100 valence electrons. The van der Waals surface area contributed by atoms with Crippen molar-refractivity contribution in [2.45, 2.75) is 25.0 Å². The van der Waals surface area contributed by atoms with Crippen molar-refractivity contribution in [3.63, 3.8) is 0 Å². The van der Waals surface area contributed by atoms with Gasteiger partial charge < -0.3 is 10.1 Å². The van der Waals surface area contributed by atoms with Crippen molar-refractivity contribution in [1.29, 1.82) is 0 Å². The topological polar surface area (TPSA) is 77.8 Å². The first kappa shape index (κ1) is 12.3. The molecular weight excluding hydrogens is 268 g/mol. The minimum atomic E-state index is 0.156. The Labute approximate surface area is 115 Å². The predicted molar refractivity (Wildman–Crippen MR) is 69.4 cm³/mol. The lowest BCUT2D eigenvalue weighted by Crippen LogP contribution is -2.40. The third-order valence-corrected chi connectivity index (χ3v) is 3.26. The molecule has 2 aromatic rings. The van der Waals surface area contributed by atoms with Crippen LogP contribution < -0.4 is 5.32 Å². The Bertz CT molecular complexity index is 554. The highest BCUT2D eigenvalue weighted by atomic mass is 35.5. The van der Waals surface area contributed by atoms with Crippen molar-refractivity contribution in [3.8, 4) is 5.95 Å². The normalized spacial score (nSPS) is 22.0. The van der Waals surface area contributed by atoms with E-state index in [0.29, 0.717) is 24.0 Å². The van der Waals surface area contributed by atoms with Crippen molar-refractivity contribution in [2.24, 2.45) is 0 Å². The summed E-state index contributed by atoms with van der Waals surface area (Å²) in [7, 11) is 1.72. The first-order valence-corrected chi connectivity index (χ1v) is 6.31. The molecule has 1 fully saturated rings. The van der Waals surface area contributed by atoms with Gasteiger partial charge in [0, 0.05) is 25.5 Å². The molecule has 0 spiro atoms. The first-order chi connectivity index (χ1) is 9.24. The number of nitrogens with zero attached hydrogens (tertiary/aromatic N) is 5. The second-order valence-corrected chi connectivity index (χ2v) is 4.71. The molecule has 0 saturated heterocycles. The van der Waals surface area contributed by atoms with Crippen LogP contribution in [0.2, 0.25) is 5.28 Å². The largest absolute Gasteiger partial charge is 0.381 e. The second-order valence-electron chi connectivity index (χ2n) is 4.37. The Kier molecular flexibility index (Phi) is 3.31. The predicted octanol–water partition coefficient (Wildman–Crippen LogP) is 1.30. The Morgan fingerprint density at radius 1 is 1.37 bits per heavy atom. The Hall–Kier alpha value is -1.73. The van der Waals surface area contributed by atoms with E-state index in [4.69, 9.17) is 16.3 Å². The van der Waals surface area contributed by atoms with Gasteiger partial charge >= 0.3 is 0 Å². The van der Waals surface area contributed by atoms with Crippen molar-refractivity contribution in [2.75, 3.05) is 12.4 Å². The first-order valence-electron chi connectivity index (χ1n) is 5.94. The third-order valence-electron chi connectivity index (χ3n) is 3.09. The van der Waals surface area contributed by atoms with Gasteiger partial charge in [-0.25, -0.2) is 4.98 Å². The zero-order chi connectivity index (χ0) is 13.2. The van der Waals surface area contributed by atoms with Crippen LogP contribution in [-0.2, 0) is 4.74 Å². The van der Waals surface area contributed by atoms with E-state index in [1.165, 1.54) is 0 Å². The van der Waals surface area contributed by atoms with E-state index in [1.54, 1.807) is 30.4 Å². The molecule has 0 amide bonds. The van der Waals surface area contributed by atoms with E-state index in [-0.39, 0.29) is 5.28 Å². The average Bonchev–Trinajstić information content (AvgIpc) is 2.86. The number of rotatable bonds is 4. The number of imidazole rings is 1. The quantitative estimate of drug-likeness (QED) is 0.909. The van der Waals surface area contributed by atoms with E-state index >= 15 is 0 Å². The molecule has 1 saturated carbocycles. The molecular formula is C11H13ClN6O. The van der Waals surface area contributed by atoms with E-state index in [0.717, 1.165) is 12.8 Å². The van der Waals surface area contributed by atoms with Crippen molar-refractivity contribution < 1.29 is 4.74 Å². The van der Waals surface area contributed by atoms with Crippen LogP contribution in [0.15, 0.2) is 18.7 Å². The van der Waals surface area contributed by atoms with Crippen LogP contribution in [0.25, 0.3) is 5.95 Å².